The van der Waals surface area contributed by atoms with Crippen LogP contribution in [0.5, 0.6) is 0 Å². The average molecular weight is 364 g/mol. The number of benzene rings is 2. The number of oxazole rings is 1. The molecule has 27 heavy (non-hydrogen) atoms. The predicted octanol–water partition coefficient (Wildman–Crippen LogP) is 3.60. The Labute approximate surface area is 155 Å². The van der Waals surface area contributed by atoms with Crippen molar-refractivity contribution in [3.05, 3.63) is 63.6 Å². The Hall–Kier alpha value is -3.15. The van der Waals surface area contributed by atoms with Crippen LogP contribution in [0.15, 0.2) is 45.6 Å². The van der Waals surface area contributed by atoms with E-state index in [9.17, 15) is 14.4 Å². The fourth-order valence-electron chi connectivity index (χ4n) is 3.53. The summed E-state index contributed by atoms with van der Waals surface area (Å²) in [5.74, 6) is -0.802. The van der Waals surface area contributed by atoms with Crippen LogP contribution in [0.25, 0.3) is 11.1 Å². The number of carbonyl (C=O) groups excluding carboxylic acids is 2. The van der Waals surface area contributed by atoms with Crippen molar-refractivity contribution in [1.82, 2.24) is 4.98 Å². The standard InChI is InChI=1S/C21H20N2O4/c24-18(15-6-5-13-3-1-2-4-14(13)11-15)8-10-20(25)22-16-7-9-19-17(12-16)23-21(26)27-19/h5-7,9,11-12H,1-4,8,10H2,(H,22,25)(H,23,26). The molecule has 0 spiro atoms. The summed E-state index contributed by atoms with van der Waals surface area (Å²) >= 11 is 0. The number of fused-ring (bicyclic) bond motifs is 2. The summed E-state index contributed by atoms with van der Waals surface area (Å²) in [6.07, 6.45) is 4.75. The maximum atomic E-state index is 12.4. The van der Waals surface area contributed by atoms with Gasteiger partial charge in [0.05, 0.1) is 5.52 Å². The van der Waals surface area contributed by atoms with E-state index in [1.165, 1.54) is 24.0 Å². The molecule has 4 rings (SSSR count). The van der Waals surface area contributed by atoms with Crippen molar-refractivity contribution < 1.29 is 14.0 Å². The van der Waals surface area contributed by atoms with Crippen LogP contribution in [-0.2, 0) is 17.6 Å². The number of hydrogen-bond donors (Lipinski definition) is 2. The van der Waals surface area contributed by atoms with Crippen molar-refractivity contribution in [3.63, 3.8) is 0 Å². The average Bonchev–Trinajstić information content (AvgIpc) is 3.05. The van der Waals surface area contributed by atoms with Gasteiger partial charge < -0.3 is 9.73 Å². The Balaban J connectivity index is 1.36. The lowest BCUT2D eigenvalue weighted by Gasteiger charge is -2.16. The number of carbonyl (C=O) groups is 2. The van der Waals surface area contributed by atoms with Gasteiger partial charge in [-0.15, -0.1) is 0 Å². The monoisotopic (exact) mass is 364 g/mol. The van der Waals surface area contributed by atoms with E-state index in [2.05, 4.69) is 10.3 Å². The van der Waals surface area contributed by atoms with E-state index in [1.54, 1.807) is 18.2 Å². The maximum Gasteiger partial charge on any atom is 0.417 e. The van der Waals surface area contributed by atoms with E-state index in [1.807, 2.05) is 18.2 Å². The molecule has 6 nitrogen and oxygen atoms in total. The van der Waals surface area contributed by atoms with Crippen LogP contribution in [0.2, 0.25) is 0 Å². The smallest absolute Gasteiger partial charge is 0.408 e. The molecule has 0 aliphatic heterocycles. The summed E-state index contributed by atoms with van der Waals surface area (Å²) in [5, 5.41) is 2.75. The van der Waals surface area contributed by atoms with E-state index in [4.69, 9.17) is 4.42 Å². The molecule has 0 fully saturated rings. The van der Waals surface area contributed by atoms with Crippen molar-refractivity contribution >= 4 is 28.5 Å². The van der Waals surface area contributed by atoms with E-state index < -0.39 is 5.76 Å². The lowest BCUT2D eigenvalue weighted by molar-refractivity contribution is -0.116. The second kappa shape index (κ2) is 7.23. The number of aromatic nitrogens is 1. The molecule has 3 aromatic rings. The summed E-state index contributed by atoms with van der Waals surface area (Å²) in [7, 11) is 0. The molecule has 1 aromatic heterocycles. The van der Waals surface area contributed by atoms with Gasteiger partial charge in [0.25, 0.3) is 0 Å². The van der Waals surface area contributed by atoms with Gasteiger partial charge in [0.2, 0.25) is 5.91 Å². The molecule has 6 heteroatoms. The topological polar surface area (TPSA) is 92.2 Å². The number of nitrogens with one attached hydrogen (secondary N) is 2. The molecule has 0 atom stereocenters. The molecule has 0 unspecified atom stereocenters. The Morgan fingerprint density at radius 1 is 1.00 bits per heavy atom. The van der Waals surface area contributed by atoms with Gasteiger partial charge in [-0.3, -0.25) is 14.6 Å². The van der Waals surface area contributed by atoms with Crippen LogP contribution >= 0.6 is 0 Å². The number of H-pyrrole nitrogens is 1. The number of rotatable bonds is 5. The van der Waals surface area contributed by atoms with Gasteiger partial charge in [0, 0.05) is 24.1 Å². The zero-order chi connectivity index (χ0) is 18.8. The van der Waals surface area contributed by atoms with Gasteiger partial charge in [-0.1, -0.05) is 12.1 Å². The van der Waals surface area contributed by atoms with Crippen molar-refractivity contribution in [3.8, 4) is 0 Å². The summed E-state index contributed by atoms with van der Waals surface area (Å²) in [6.45, 7) is 0. The molecule has 1 heterocycles. The number of hydrogen-bond acceptors (Lipinski definition) is 4. The number of aromatic amines is 1. The molecule has 0 bridgehead atoms. The van der Waals surface area contributed by atoms with Crippen molar-refractivity contribution in [2.45, 2.75) is 38.5 Å². The first-order chi connectivity index (χ1) is 13.1. The number of anilines is 1. The molecule has 0 saturated heterocycles. The molecular formula is C21H20N2O4. The lowest BCUT2D eigenvalue weighted by atomic mass is 9.89. The van der Waals surface area contributed by atoms with Crippen LogP contribution in [0, 0.1) is 0 Å². The second-order valence-electron chi connectivity index (χ2n) is 6.89. The molecule has 0 radical (unpaired) electrons. The predicted molar refractivity (Wildman–Crippen MR) is 102 cm³/mol. The molecule has 1 aliphatic rings. The fourth-order valence-corrected chi connectivity index (χ4v) is 3.53. The first-order valence-corrected chi connectivity index (χ1v) is 9.16. The van der Waals surface area contributed by atoms with Crippen LogP contribution < -0.4 is 11.1 Å². The molecule has 1 amide bonds. The quantitative estimate of drug-likeness (QED) is 0.677. The summed E-state index contributed by atoms with van der Waals surface area (Å²) in [4.78, 5) is 38.3. The molecule has 1 aliphatic carbocycles. The van der Waals surface area contributed by atoms with Crippen molar-refractivity contribution in [2.75, 3.05) is 5.32 Å². The first kappa shape index (κ1) is 17.3. The lowest BCUT2D eigenvalue weighted by Crippen LogP contribution is -2.14. The molecular weight excluding hydrogens is 344 g/mol. The highest BCUT2D eigenvalue weighted by molar-refractivity contribution is 6.00. The van der Waals surface area contributed by atoms with Gasteiger partial charge in [-0.05, 0) is 61.1 Å². The molecule has 0 saturated carbocycles. The minimum atomic E-state index is -0.538. The van der Waals surface area contributed by atoms with E-state index in [0.717, 1.165) is 12.8 Å². The van der Waals surface area contributed by atoms with Gasteiger partial charge >= 0.3 is 5.76 Å². The molecule has 2 N–H and O–H groups in total. The second-order valence-corrected chi connectivity index (χ2v) is 6.89. The number of amides is 1. The highest BCUT2D eigenvalue weighted by Crippen LogP contribution is 2.23. The van der Waals surface area contributed by atoms with Crippen molar-refractivity contribution in [2.24, 2.45) is 0 Å². The highest BCUT2D eigenvalue weighted by Gasteiger charge is 2.14. The zero-order valence-corrected chi connectivity index (χ0v) is 14.8. The van der Waals surface area contributed by atoms with Crippen LogP contribution in [0.3, 0.4) is 0 Å². The summed E-state index contributed by atoms with van der Waals surface area (Å²) in [5.41, 5.74) is 4.78. The zero-order valence-electron chi connectivity index (χ0n) is 14.8. The van der Waals surface area contributed by atoms with E-state index in [0.29, 0.717) is 22.4 Å². The number of ketones is 1. The SMILES string of the molecule is O=C(CCC(=O)c1ccc2c(c1)CCCC2)Nc1ccc2oc(=O)[nH]c2c1. The Bertz CT molecular complexity index is 1080. The molecule has 2 aromatic carbocycles. The van der Waals surface area contributed by atoms with Gasteiger partial charge in [-0.2, -0.15) is 0 Å². The Morgan fingerprint density at radius 2 is 1.81 bits per heavy atom. The third kappa shape index (κ3) is 3.84. The third-order valence-electron chi connectivity index (χ3n) is 4.95. The molecule has 138 valence electrons. The minimum Gasteiger partial charge on any atom is -0.408 e. The Kier molecular flexibility index (Phi) is 4.62. The summed E-state index contributed by atoms with van der Waals surface area (Å²) in [6, 6.07) is 10.8. The van der Waals surface area contributed by atoms with E-state index >= 15 is 0 Å². The Morgan fingerprint density at radius 3 is 2.67 bits per heavy atom. The van der Waals surface area contributed by atoms with Crippen LogP contribution in [0.4, 0.5) is 5.69 Å². The maximum absolute atomic E-state index is 12.4. The van der Waals surface area contributed by atoms with Gasteiger partial charge in [-0.25, -0.2) is 4.79 Å². The van der Waals surface area contributed by atoms with Crippen LogP contribution in [0.1, 0.15) is 47.2 Å². The largest absolute Gasteiger partial charge is 0.417 e. The number of Topliss-reactive ketones (excluding diaryl/α,β-unsaturated/α-hetero) is 1. The van der Waals surface area contributed by atoms with Crippen molar-refractivity contribution in [1.29, 1.82) is 0 Å². The minimum absolute atomic E-state index is 0.0202. The van der Waals surface area contributed by atoms with Crippen LogP contribution in [-0.4, -0.2) is 16.7 Å². The normalized spacial score (nSPS) is 13.3. The van der Waals surface area contributed by atoms with E-state index in [-0.39, 0.29) is 24.5 Å². The first-order valence-electron chi connectivity index (χ1n) is 9.16. The highest BCUT2D eigenvalue weighted by atomic mass is 16.4. The van der Waals surface area contributed by atoms with Gasteiger partial charge in [0.15, 0.2) is 11.4 Å². The summed E-state index contributed by atoms with van der Waals surface area (Å²) < 4.78 is 4.93. The number of aryl methyl sites for hydroxylation is 2. The fraction of sp³-hybridized carbons (Fsp3) is 0.286. The third-order valence-corrected chi connectivity index (χ3v) is 4.95. The van der Waals surface area contributed by atoms with Gasteiger partial charge in [0.1, 0.15) is 0 Å².